The minimum Gasteiger partial charge on any atom is -0.480 e. The van der Waals surface area contributed by atoms with Crippen LogP contribution in [0.25, 0.3) is 0 Å². The molecule has 1 aromatic heterocycles. The second-order valence-electron chi connectivity index (χ2n) is 8.45. The molecular weight excluding hydrogens is 368 g/mol. The summed E-state index contributed by atoms with van der Waals surface area (Å²) in [6, 6.07) is 11.3. The molecule has 0 radical (unpaired) electrons. The second kappa shape index (κ2) is 8.08. The van der Waals surface area contributed by atoms with E-state index in [1.807, 2.05) is 6.07 Å². The number of nitrogens with zero attached hydrogens (tertiary/aromatic N) is 4. The van der Waals surface area contributed by atoms with Crippen molar-refractivity contribution in [2.75, 3.05) is 25.1 Å². The Kier molecular flexibility index (Phi) is 5.52. The molecule has 7 nitrogen and oxygen atoms in total. The number of aromatic nitrogens is 2. The van der Waals surface area contributed by atoms with E-state index in [2.05, 4.69) is 39.1 Å². The molecule has 2 aliphatic rings. The molecule has 2 aromatic rings. The number of hydrogen-bond donors (Lipinski definition) is 2. The molecule has 2 aliphatic heterocycles. The van der Waals surface area contributed by atoms with Crippen molar-refractivity contribution < 1.29 is 15.0 Å². The Morgan fingerprint density at radius 3 is 2.59 bits per heavy atom. The molecule has 0 saturated carbocycles. The maximum atomic E-state index is 10.9. The van der Waals surface area contributed by atoms with Gasteiger partial charge in [0.05, 0.1) is 6.61 Å². The zero-order chi connectivity index (χ0) is 20.4. The molecule has 1 aromatic carbocycles. The molecule has 3 atom stereocenters. The van der Waals surface area contributed by atoms with Gasteiger partial charge in [-0.3, -0.25) is 9.69 Å². The summed E-state index contributed by atoms with van der Waals surface area (Å²) in [4.78, 5) is 23.6. The van der Waals surface area contributed by atoms with Crippen molar-refractivity contribution in [3.8, 4) is 0 Å². The summed E-state index contributed by atoms with van der Waals surface area (Å²) in [7, 11) is 1.67. The summed E-state index contributed by atoms with van der Waals surface area (Å²) < 4.78 is 0. The maximum Gasteiger partial charge on any atom is 0.323 e. The van der Waals surface area contributed by atoms with Crippen LogP contribution < -0.4 is 4.90 Å². The first kappa shape index (κ1) is 19.8. The maximum absolute atomic E-state index is 10.9. The summed E-state index contributed by atoms with van der Waals surface area (Å²) >= 11 is 0. The normalized spacial score (nSPS) is 26.0. The number of aliphatic hydroxyl groups excluding tert-OH is 1. The van der Waals surface area contributed by atoms with E-state index >= 15 is 0 Å². The Morgan fingerprint density at radius 1 is 1.21 bits per heavy atom. The van der Waals surface area contributed by atoms with E-state index in [9.17, 15) is 9.90 Å². The van der Waals surface area contributed by atoms with Gasteiger partial charge in [0.2, 0.25) is 5.95 Å². The van der Waals surface area contributed by atoms with Gasteiger partial charge in [-0.1, -0.05) is 30.3 Å². The molecule has 0 spiro atoms. The van der Waals surface area contributed by atoms with Gasteiger partial charge in [-0.05, 0) is 31.2 Å². The van der Waals surface area contributed by atoms with E-state index in [-0.39, 0.29) is 18.6 Å². The fourth-order valence-corrected chi connectivity index (χ4v) is 5.19. The molecule has 2 bridgehead atoms. The smallest absolute Gasteiger partial charge is 0.323 e. The third kappa shape index (κ3) is 3.97. The largest absolute Gasteiger partial charge is 0.480 e. The lowest BCUT2D eigenvalue weighted by Crippen LogP contribution is -2.41. The average Bonchev–Trinajstić information content (AvgIpc) is 3.23. The quantitative estimate of drug-likeness (QED) is 0.705. The Balaban J connectivity index is 1.46. The Morgan fingerprint density at radius 2 is 1.93 bits per heavy atom. The Labute approximate surface area is 171 Å². The van der Waals surface area contributed by atoms with Crippen LogP contribution in [0.4, 0.5) is 5.95 Å². The van der Waals surface area contributed by atoms with Crippen molar-refractivity contribution in [1.29, 1.82) is 0 Å². The molecule has 4 rings (SSSR count). The van der Waals surface area contributed by atoms with Crippen LogP contribution in [0.1, 0.15) is 30.4 Å². The van der Waals surface area contributed by atoms with E-state index in [0.29, 0.717) is 18.0 Å². The first-order valence-corrected chi connectivity index (χ1v) is 10.2. The average molecular weight is 396 g/mol. The van der Waals surface area contributed by atoms with Crippen LogP contribution in [0, 0.1) is 5.41 Å². The molecule has 2 N–H and O–H groups in total. The molecule has 29 heavy (non-hydrogen) atoms. The number of aliphatic carboxylic acids is 1. The molecule has 0 aliphatic carbocycles. The molecule has 7 heteroatoms. The van der Waals surface area contributed by atoms with Gasteiger partial charge < -0.3 is 15.1 Å². The van der Waals surface area contributed by atoms with Gasteiger partial charge in [0, 0.05) is 49.0 Å². The van der Waals surface area contributed by atoms with Crippen molar-refractivity contribution in [1.82, 2.24) is 14.9 Å². The van der Waals surface area contributed by atoms with E-state index in [0.717, 1.165) is 31.4 Å². The van der Waals surface area contributed by atoms with Gasteiger partial charge in [0.1, 0.15) is 6.54 Å². The molecule has 2 fully saturated rings. The lowest BCUT2D eigenvalue weighted by Gasteiger charge is -2.36. The van der Waals surface area contributed by atoms with Crippen molar-refractivity contribution >= 4 is 11.9 Å². The van der Waals surface area contributed by atoms with Gasteiger partial charge in [0.25, 0.3) is 0 Å². The number of aliphatic hydroxyl groups is 1. The van der Waals surface area contributed by atoms with Crippen LogP contribution in [0.2, 0.25) is 0 Å². The Hall–Kier alpha value is -2.51. The number of rotatable bonds is 8. The van der Waals surface area contributed by atoms with Crippen LogP contribution in [0.3, 0.4) is 0 Å². The zero-order valence-corrected chi connectivity index (χ0v) is 16.7. The van der Waals surface area contributed by atoms with E-state index < -0.39 is 5.97 Å². The second-order valence-corrected chi connectivity index (χ2v) is 8.45. The molecule has 0 unspecified atom stereocenters. The molecule has 0 amide bonds. The predicted octanol–water partition coefficient (Wildman–Crippen LogP) is 1.96. The summed E-state index contributed by atoms with van der Waals surface area (Å²) in [6.45, 7) is 0.831. The molecule has 154 valence electrons. The van der Waals surface area contributed by atoms with Crippen LogP contribution in [0.5, 0.6) is 0 Å². The number of carbonyl (C=O) groups is 1. The fraction of sp³-hybridized carbons (Fsp3) is 0.500. The first-order valence-electron chi connectivity index (χ1n) is 10.2. The number of carboxylic acids is 1. The van der Waals surface area contributed by atoms with Gasteiger partial charge in [-0.2, -0.15) is 0 Å². The van der Waals surface area contributed by atoms with Crippen molar-refractivity contribution in [3.63, 3.8) is 0 Å². The number of carboxylic acid groups (broad SMARTS) is 1. The van der Waals surface area contributed by atoms with Crippen LogP contribution in [-0.2, 0) is 17.8 Å². The standard InChI is InChI=1S/C22H28N4O3/c1-25(14-20(28)29)21-23-11-17(12-24-21)13-26-18-7-8-19(26)22(10-18,15-27)9-16-5-3-2-4-6-16/h2-6,11-12,18-19,27H,7-10,13-15H2,1H3,(H,28,29)/t18-,19+,22-/m0/s1. The third-order valence-corrected chi connectivity index (χ3v) is 6.48. The zero-order valence-electron chi connectivity index (χ0n) is 16.7. The fourth-order valence-electron chi connectivity index (χ4n) is 5.19. The summed E-state index contributed by atoms with van der Waals surface area (Å²) in [6.07, 6.45) is 7.77. The van der Waals surface area contributed by atoms with E-state index in [1.165, 1.54) is 16.9 Å². The SMILES string of the molecule is CN(CC(=O)O)c1ncc(CN2[C@H]3CC[C@@H]2[C@@](CO)(Cc2ccccc2)C3)cn1. The monoisotopic (exact) mass is 396 g/mol. The highest BCUT2D eigenvalue weighted by molar-refractivity contribution is 5.72. The van der Waals surface area contributed by atoms with Gasteiger partial charge in [-0.25, -0.2) is 9.97 Å². The number of likely N-dealkylation sites (N-methyl/N-ethyl adjacent to an activating group) is 1. The van der Waals surface area contributed by atoms with Gasteiger partial charge in [-0.15, -0.1) is 0 Å². The Bertz CT molecular complexity index is 845. The molecule has 3 heterocycles. The van der Waals surface area contributed by atoms with Crippen LogP contribution in [-0.4, -0.2) is 63.3 Å². The van der Waals surface area contributed by atoms with Crippen molar-refractivity contribution in [2.45, 2.75) is 44.3 Å². The number of anilines is 1. The summed E-state index contributed by atoms with van der Waals surface area (Å²) in [5.41, 5.74) is 2.21. The third-order valence-electron chi connectivity index (χ3n) is 6.48. The van der Waals surface area contributed by atoms with Crippen LogP contribution in [0.15, 0.2) is 42.7 Å². The summed E-state index contributed by atoms with van der Waals surface area (Å²) in [5, 5.41) is 19.3. The predicted molar refractivity (Wildman–Crippen MR) is 110 cm³/mol. The van der Waals surface area contributed by atoms with Crippen LogP contribution >= 0.6 is 0 Å². The lowest BCUT2D eigenvalue weighted by molar-refractivity contribution is -0.135. The minimum atomic E-state index is -0.910. The highest BCUT2D eigenvalue weighted by Crippen LogP contribution is 2.51. The van der Waals surface area contributed by atoms with E-state index in [1.54, 1.807) is 19.4 Å². The molecular formula is C22H28N4O3. The van der Waals surface area contributed by atoms with Gasteiger partial charge in [0.15, 0.2) is 0 Å². The van der Waals surface area contributed by atoms with Crippen molar-refractivity contribution in [3.05, 3.63) is 53.9 Å². The van der Waals surface area contributed by atoms with Gasteiger partial charge >= 0.3 is 5.97 Å². The van der Waals surface area contributed by atoms with Crippen molar-refractivity contribution in [2.24, 2.45) is 5.41 Å². The number of fused-ring (bicyclic) bond motifs is 2. The lowest BCUT2D eigenvalue weighted by atomic mass is 9.70. The minimum absolute atomic E-state index is 0.0905. The highest BCUT2D eigenvalue weighted by Gasteiger charge is 2.55. The number of benzene rings is 1. The highest BCUT2D eigenvalue weighted by atomic mass is 16.4. The topological polar surface area (TPSA) is 89.8 Å². The first-order chi connectivity index (χ1) is 14.0. The van der Waals surface area contributed by atoms with E-state index in [4.69, 9.17) is 5.11 Å². The summed E-state index contributed by atoms with van der Waals surface area (Å²) in [5.74, 6) is -0.498. The number of hydrogen-bond acceptors (Lipinski definition) is 6. The molecule has 2 saturated heterocycles.